The fraction of sp³-hybridized carbons (Fsp3) is 0.438. The molecule has 0 atom stereocenters. The van der Waals surface area contributed by atoms with Crippen molar-refractivity contribution in [3.63, 3.8) is 0 Å². The second-order valence-electron chi connectivity index (χ2n) is 4.92. The highest BCUT2D eigenvalue weighted by Gasteiger charge is 2.10. The van der Waals surface area contributed by atoms with Crippen LogP contribution in [0.15, 0.2) is 30.5 Å². The third-order valence-corrected chi connectivity index (χ3v) is 3.36. The average molecular weight is 289 g/mol. The Morgan fingerprint density at radius 3 is 2.90 bits per heavy atom. The summed E-state index contributed by atoms with van der Waals surface area (Å²) in [6, 6.07) is 8.17. The van der Waals surface area contributed by atoms with Crippen molar-refractivity contribution >= 4 is 16.8 Å². The highest BCUT2D eigenvalue weighted by Crippen LogP contribution is 2.21. The third kappa shape index (κ3) is 4.06. The van der Waals surface area contributed by atoms with Gasteiger partial charge in [-0.15, -0.1) is 0 Å². The summed E-state index contributed by atoms with van der Waals surface area (Å²) in [5.74, 6) is 0.0390. The second kappa shape index (κ2) is 7.81. The second-order valence-corrected chi connectivity index (χ2v) is 4.92. The minimum Gasteiger partial charge on any atom is -0.383 e. The molecule has 1 amide bonds. The SMILES string of the molecule is CCNC(=O)Cn1cc(CNCCOC)c2ccccc21. The summed E-state index contributed by atoms with van der Waals surface area (Å²) in [7, 11) is 1.69. The molecule has 0 aliphatic heterocycles. The van der Waals surface area contributed by atoms with E-state index in [1.54, 1.807) is 7.11 Å². The van der Waals surface area contributed by atoms with Crippen LogP contribution in [0.2, 0.25) is 0 Å². The predicted octanol–water partition coefficient (Wildman–Crippen LogP) is 1.51. The maximum atomic E-state index is 11.8. The molecule has 0 saturated carbocycles. The largest absolute Gasteiger partial charge is 0.383 e. The molecular weight excluding hydrogens is 266 g/mol. The molecule has 21 heavy (non-hydrogen) atoms. The van der Waals surface area contributed by atoms with Crippen molar-refractivity contribution < 1.29 is 9.53 Å². The molecule has 2 aromatic rings. The molecule has 1 aromatic heterocycles. The number of fused-ring (bicyclic) bond motifs is 1. The van der Waals surface area contributed by atoms with Crippen LogP contribution >= 0.6 is 0 Å². The van der Waals surface area contributed by atoms with Gasteiger partial charge in [-0.25, -0.2) is 0 Å². The number of hydrogen-bond acceptors (Lipinski definition) is 3. The molecule has 2 N–H and O–H groups in total. The summed E-state index contributed by atoms with van der Waals surface area (Å²) >= 11 is 0. The maximum absolute atomic E-state index is 11.8. The number of nitrogens with zero attached hydrogens (tertiary/aromatic N) is 1. The summed E-state index contributed by atoms with van der Waals surface area (Å²) in [5, 5.41) is 7.37. The van der Waals surface area contributed by atoms with E-state index in [2.05, 4.69) is 22.9 Å². The van der Waals surface area contributed by atoms with Crippen LogP contribution in [0.3, 0.4) is 0 Å². The van der Waals surface area contributed by atoms with E-state index >= 15 is 0 Å². The summed E-state index contributed by atoms with van der Waals surface area (Å²) < 4.78 is 7.04. The Bertz CT molecular complexity index is 592. The standard InChI is InChI=1S/C16H23N3O2/c1-3-18-16(20)12-19-11-13(10-17-8-9-21-2)14-6-4-5-7-15(14)19/h4-7,11,17H,3,8-10,12H2,1-2H3,(H,18,20). The minimum atomic E-state index is 0.0390. The van der Waals surface area contributed by atoms with E-state index in [4.69, 9.17) is 4.74 Å². The zero-order valence-electron chi connectivity index (χ0n) is 12.7. The van der Waals surface area contributed by atoms with Crippen molar-refractivity contribution in [2.45, 2.75) is 20.0 Å². The summed E-state index contributed by atoms with van der Waals surface area (Å²) in [4.78, 5) is 11.8. The Balaban J connectivity index is 2.16. The van der Waals surface area contributed by atoms with Crippen LogP contribution in [0.4, 0.5) is 0 Å². The molecule has 0 bridgehead atoms. The number of ether oxygens (including phenoxy) is 1. The quantitative estimate of drug-likeness (QED) is 0.724. The number of para-hydroxylation sites is 1. The number of methoxy groups -OCH3 is 1. The van der Waals surface area contributed by atoms with Gasteiger partial charge in [0.15, 0.2) is 0 Å². The van der Waals surface area contributed by atoms with E-state index < -0.39 is 0 Å². The molecule has 0 fully saturated rings. The molecule has 0 unspecified atom stereocenters. The smallest absolute Gasteiger partial charge is 0.239 e. The third-order valence-electron chi connectivity index (χ3n) is 3.36. The number of benzene rings is 1. The molecule has 0 aliphatic carbocycles. The first-order chi connectivity index (χ1) is 10.3. The summed E-state index contributed by atoms with van der Waals surface area (Å²) in [5.41, 5.74) is 2.29. The van der Waals surface area contributed by atoms with Crippen molar-refractivity contribution in [1.29, 1.82) is 0 Å². The Labute approximate surface area is 125 Å². The van der Waals surface area contributed by atoms with E-state index in [0.717, 1.165) is 18.6 Å². The molecule has 5 heteroatoms. The zero-order valence-corrected chi connectivity index (χ0v) is 12.7. The molecule has 1 heterocycles. The van der Waals surface area contributed by atoms with Gasteiger partial charge >= 0.3 is 0 Å². The first-order valence-electron chi connectivity index (χ1n) is 7.29. The lowest BCUT2D eigenvalue weighted by Crippen LogP contribution is -2.26. The van der Waals surface area contributed by atoms with Gasteiger partial charge in [0.25, 0.3) is 0 Å². The van der Waals surface area contributed by atoms with E-state index in [-0.39, 0.29) is 5.91 Å². The van der Waals surface area contributed by atoms with Gasteiger partial charge in [0, 0.05) is 43.8 Å². The van der Waals surface area contributed by atoms with E-state index in [1.807, 2.05) is 29.7 Å². The van der Waals surface area contributed by atoms with Gasteiger partial charge < -0.3 is 19.9 Å². The minimum absolute atomic E-state index is 0.0390. The van der Waals surface area contributed by atoms with Crippen LogP contribution in [0.25, 0.3) is 10.9 Å². The van der Waals surface area contributed by atoms with Crippen LogP contribution in [-0.2, 0) is 22.6 Å². The van der Waals surface area contributed by atoms with Crippen molar-refractivity contribution in [3.8, 4) is 0 Å². The Morgan fingerprint density at radius 2 is 2.14 bits per heavy atom. The molecule has 0 aliphatic rings. The molecule has 1 aromatic carbocycles. The van der Waals surface area contributed by atoms with Crippen LogP contribution in [-0.4, -0.2) is 37.3 Å². The molecule has 114 valence electrons. The average Bonchev–Trinajstić information content (AvgIpc) is 2.82. The van der Waals surface area contributed by atoms with Crippen LogP contribution < -0.4 is 10.6 Å². The first-order valence-corrected chi connectivity index (χ1v) is 7.29. The van der Waals surface area contributed by atoms with E-state index in [1.165, 1.54) is 10.9 Å². The molecular formula is C16H23N3O2. The maximum Gasteiger partial charge on any atom is 0.239 e. The molecule has 0 saturated heterocycles. The number of hydrogen-bond donors (Lipinski definition) is 2. The van der Waals surface area contributed by atoms with Gasteiger partial charge in [0.1, 0.15) is 6.54 Å². The molecule has 2 rings (SSSR count). The molecule has 0 spiro atoms. The van der Waals surface area contributed by atoms with Gasteiger partial charge in [-0.3, -0.25) is 4.79 Å². The Morgan fingerprint density at radius 1 is 1.33 bits per heavy atom. The predicted molar refractivity (Wildman–Crippen MR) is 84.2 cm³/mol. The Hall–Kier alpha value is -1.85. The monoisotopic (exact) mass is 289 g/mol. The molecule has 0 radical (unpaired) electrons. The van der Waals surface area contributed by atoms with Gasteiger partial charge in [-0.1, -0.05) is 18.2 Å². The fourth-order valence-corrected chi connectivity index (χ4v) is 2.40. The van der Waals surface area contributed by atoms with Gasteiger partial charge in [-0.2, -0.15) is 0 Å². The number of nitrogens with one attached hydrogen (secondary N) is 2. The van der Waals surface area contributed by atoms with Gasteiger partial charge in [0.2, 0.25) is 5.91 Å². The van der Waals surface area contributed by atoms with Gasteiger partial charge in [-0.05, 0) is 18.6 Å². The van der Waals surface area contributed by atoms with E-state index in [0.29, 0.717) is 19.7 Å². The van der Waals surface area contributed by atoms with Crippen LogP contribution in [0.1, 0.15) is 12.5 Å². The van der Waals surface area contributed by atoms with E-state index in [9.17, 15) is 4.79 Å². The van der Waals surface area contributed by atoms with Gasteiger partial charge in [0.05, 0.1) is 6.61 Å². The number of amides is 1. The fourth-order valence-electron chi connectivity index (χ4n) is 2.40. The molecule has 5 nitrogen and oxygen atoms in total. The van der Waals surface area contributed by atoms with Crippen molar-refractivity contribution in [1.82, 2.24) is 15.2 Å². The number of carbonyl (C=O) groups excluding carboxylic acids is 1. The lowest BCUT2D eigenvalue weighted by Gasteiger charge is -2.05. The topological polar surface area (TPSA) is 55.3 Å². The summed E-state index contributed by atoms with van der Waals surface area (Å²) in [6.45, 7) is 5.21. The van der Waals surface area contributed by atoms with Crippen molar-refractivity contribution in [2.24, 2.45) is 0 Å². The number of likely N-dealkylation sites (N-methyl/N-ethyl adjacent to an activating group) is 1. The number of aromatic nitrogens is 1. The number of rotatable bonds is 8. The highest BCUT2D eigenvalue weighted by molar-refractivity contribution is 5.86. The Kier molecular flexibility index (Phi) is 5.78. The van der Waals surface area contributed by atoms with Crippen molar-refractivity contribution in [3.05, 3.63) is 36.0 Å². The zero-order chi connectivity index (χ0) is 15.1. The van der Waals surface area contributed by atoms with Crippen LogP contribution in [0.5, 0.6) is 0 Å². The highest BCUT2D eigenvalue weighted by atomic mass is 16.5. The normalized spacial score (nSPS) is 11.0. The lowest BCUT2D eigenvalue weighted by atomic mass is 10.2. The van der Waals surface area contributed by atoms with Crippen molar-refractivity contribution in [2.75, 3.05) is 26.8 Å². The number of carbonyl (C=O) groups is 1. The summed E-state index contributed by atoms with van der Waals surface area (Å²) in [6.07, 6.45) is 2.06. The first kappa shape index (κ1) is 15.5. The van der Waals surface area contributed by atoms with Crippen LogP contribution in [0, 0.1) is 0 Å². The lowest BCUT2D eigenvalue weighted by molar-refractivity contribution is -0.121.